The summed E-state index contributed by atoms with van der Waals surface area (Å²) in [4.78, 5) is 11.3. The summed E-state index contributed by atoms with van der Waals surface area (Å²) in [5, 5.41) is 4.12. The molecular weight excluding hydrogens is 514 g/mol. The lowest BCUT2D eigenvalue weighted by Gasteiger charge is -2.17. The van der Waals surface area contributed by atoms with Gasteiger partial charge >= 0.3 is 0 Å². The molecule has 4 aromatic rings. The van der Waals surface area contributed by atoms with Crippen molar-refractivity contribution in [1.29, 1.82) is 0 Å². The molecule has 0 unspecified atom stereocenters. The van der Waals surface area contributed by atoms with Gasteiger partial charge in [-0.2, -0.15) is 0 Å². The Bertz CT molecular complexity index is 1500. The Labute approximate surface area is 229 Å². The third-order valence-corrected chi connectivity index (χ3v) is 7.21. The molecule has 0 bridgehead atoms. The lowest BCUT2D eigenvalue weighted by Crippen LogP contribution is -2.27. The number of nitrogen functional groups attached to an aromatic ring is 1. The van der Waals surface area contributed by atoms with Gasteiger partial charge in [-0.15, -0.1) is 0 Å². The van der Waals surface area contributed by atoms with Crippen LogP contribution in [-0.2, 0) is 16.4 Å². The molecule has 0 aliphatic heterocycles. The Hall–Kier alpha value is -3.89. The van der Waals surface area contributed by atoms with Crippen molar-refractivity contribution in [3.8, 4) is 22.9 Å². The third kappa shape index (κ3) is 8.05. The van der Waals surface area contributed by atoms with E-state index in [1.807, 2.05) is 78.7 Å². The predicted molar refractivity (Wildman–Crippen MR) is 157 cm³/mol. The van der Waals surface area contributed by atoms with Crippen molar-refractivity contribution in [2.45, 2.75) is 13.0 Å². The fourth-order valence-corrected chi connectivity index (χ4v) is 4.71. The van der Waals surface area contributed by atoms with Gasteiger partial charge in [0.15, 0.2) is 5.82 Å². The van der Waals surface area contributed by atoms with Crippen molar-refractivity contribution in [2.75, 3.05) is 56.9 Å². The number of fused-ring (bicyclic) bond motifs is 1. The van der Waals surface area contributed by atoms with Crippen molar-refractivity contribution in [3.63, 3.8) is 0 Å². The number of rotatable bonds is 13. The van der Waals surface area contributed by atoms with Gasteiger partial charge in [0.25, 0.3) is 0 Å². The van der Waals surface area contributed by atoms with Crippen molar-refractivity contribution in [3.05, 3.63) is 72.3 Å². The van der Waals surface area contributed by atoms with E-state index in [1.165, 1.54) is 6.26 Å². The maximum absolute atomic E-state index is 11.4. The van der Waals surface area contributed by atoms with E-state index in [0.29, 0.717) is 48.0 Å². The Morgan fingerprint density at radius 3 is 2.44 bits per heavy atom. The molecule has 3 N–H and O–H groups in total. The molecule has 39 heavy (non-hydrogen) atoms. The smallest absolute Gasteiger partial charge is 0.162 e. The lowest BCUT2D eigenvalue weighted by atomic mass is 10.1. The van der Waals surface area contributed by atoms with Gasteiger partial charge in [-0.3, -0.25) is 0 Å². The molecule has 0 atom stereocenters. The maximum atomic E-state index is 11.4. The number of sulfone groups is 1. The first-order chi connectivity index (χ1) is 18.7. The lowest BCUT2D eigenvalue weighted by molar-refractivity contribution is 0.306. The minimum Gasteiger partial charge on any atom is -0.495 e. The van der Waals surface area contributed by atoms with E-state index in [2.05, 4.69) is 10.3 Å². The van der Waals surface area contributed by atoms with Gasteiger partial charge < -0.3 is 25.4 Å². The fourth-order valence-electron chi connectivity index (χ4n) is 4.06. The van der Waals surface area contributed by atoms with E-state index in [4.69, 9.17) is 20.2 Å². The molecule has 0 spiro atoms. The number of anilines is 2. The summed E-state index contributed by atoms with van der Waals surface area (Å²) < 4.78 is 34.2. The van der Waals surface area contributed by atoms with Crippen molar-refractivity contribution in [1.82, 2.24) is 14.9 Å². The van der Waals surface area contributed by atoms with Crippen molar-refractivity contribution < 1.29 is 17.9 Å². The molecule has 10 heteroatoms. The highest BCUT2D eigenvalue weighted by molar-refractivity contribution is 7.90. The van der Waals surface area contributed by atoms with Crippen LogP contribution in [0.25, 0.3) is 22.3 Å². The minimum atomic E-state index is -2.97. The minimum absolute atomic E-state index is 0.155. The third-order valence-electron chi connectivity index (χ3n) is 6.28. The standard InChI is InChI=1S/C29H35N5O4S/c1-34(16-17-39(3,35)36)15-7-14-31-26-19-25-24(18-27(26)37-2)28(30)33-29(32-25)22-10-12-23(13-11-22)38-20-21-8-5-4-6-9-21/h4-6,8-13,18-19,31H,7,14-17,20H2,1-3H3,(H2,30,32,33). The molecule has 0 fully saturated rings. The molecule has 3 aromatic carbocycles. The SMILES string of the molecule is COc1cc2c(N)nc(-c3ccc(OCc4ccccc4)cc3)nc2cc1NCCCN(C)CCS(C)(=O)=O. The molecular formula is C29H35N5O4S. The predicted octanol–water partition coefficient (Wildman–Crippen LogP) is 4.25. The molecule has 0 aliphatic rings. The second kappa shape index (κ2) is 12.8. The number of ether oxygens (including phenoxy) is 2. The molecule has 0 radical (unpaired) electrons. The number of methoxy groups -OCH3 is 1. The van der Waals surface area contributed by atoms with Gasteiger partial charge in [-0.25, -0.2) is 18.4 Å². The van der Waals surface area contributed by atoms with Crippen LogP contribution in [0.5, 0.6) is 11.5 Å². The molecule has 0 aliphatic carbocycles. The highest BCUT2D eigenvalue weighted by atomic mass is 32.2. The Kier molecular flexibility index (Phi) is 9.21. The van der Waals surface area contributed by atoms with E-state index < -0.39 is 9.84 Å². The van der Waals surface area contributed by atoms with Crippen LogP contribution in [0, 0.1) is 0 Å². The molecule has 9 nitrogen and oxygen atoms in total. The number of nitrogens with zero attached hydrogens (tertiary/aromatic N) is 3. The zero-order valence-corrected chi connectivity index (χ0v) is 23.4. The van der Waals surface area contributed by atoms with Gasteiger partial charge in [0.1, 0.15) is 33.8 Å². The molecule has 0 saturated carbocycles. The maximum Gasteiger partial charge on any atom is 0.162 e. The molecule has 206 valence electrons. The second-order valence-electron chi connectivity index (χ2n) is 9.51. The van der Waals surface area contributed by atoms with Crippen molar-refractivity contribution >= 4 is 32.2 Å². The molecule has 1 heterocycles. The highest BCUT2D eigenvalue weighted by Crippen LogP contribution is 2.33. The Morgan fingerprint density at radius 2 is 1.74 bits per heavy atom. The van der Waals surface area contributed by atoms with E-state index in [9.17, 15) is 8.42 Å². The zero-order chi connectivity index (χ0) is 27.8. The molecule has 1 aromatic heterocycles. The van der Waals surface area contributed by atoms with Gasteiger partial charge in [0, 0.05) is 30.3 Å². The van der Waals surface area contributed by atoms with Gasteiger partial charge in [0.2, 0.25) is 0 Å². The number of aromatic nitrogens is 2. The molecule has 0 amide bonds. The monoisotopic (exact) mass is 549 g/mol. The summed E-state index contributed by atoms with van der Waals surface area (Å²) in [6.07, 6.45) is 2.09. The van der Waals surface area contributed by atoms with Crippen LogP contribution in [0.2, 0.25) is 0 Å². The average molecular weight is 550 g/mol. The largest absolute Gasteiger partial charge is 0.495 e. The Balaban J connectivity index is 1.44. The number of nitrogens with one attached hydrogen (secondary N) is 1. The topological polar surface area (TPSA) is 120 Å². The average Bonchev–Trinajstić information content (AvgIpc) is 2.93. The number of hydrogen-bond donors (Lipinski definition) is 2. The van der Waals surface area contributed by atoms with Crippen LogP contribution in [0.4, 0.5) is 11.5 Å². The van der Waals surface area contributed by atoms with Gasteiger partial charge in [-0.05, 0) is 62.0 Å². The summed E-state index contributed by atoms with van der Waals surface area (Å²) in [5.74, 6) is 2.46. The van der Waals surface area contributed by atoms with E-state index >= 15 is 0 Å². The number of nitrogens with two attached hydrogens (primary N) is 1. The second-order valence-corrected chi connectivity index (χ2v) is 11.8. The van der Waals surface area contributed by atoms with E-state index in [0.717, 1.165) is 35.5 Å². The number of hydrogen-bond acceptors (Lipinski definition) is 9. The first-order valence-electron chi connectivity index (χ1n) is 12.7. The van der Waals surface area contributed by atoms with E-state index in [-0.39, 0.29) is 5.75 Å². The first-order valence-corrected chi connectivity index (χ1v) is 14.8. The van der Waals surface area contributed by atoms with Crippen LogP contribution in [0.3, 0.4) is 0 Å². The summed E-state index contributed by atoms with van der Waals surface area (Å²) in [6, 6.07) is 21.4. The van der Waals surface area contributed by atoms with Gasteiger partial charge in [-0.1, -0.05) is 30.3 Å². The molecule has 0 saturated heterocycles. The summed E-state index contributed by atoms with van der Waals surface area (Å²) in [7, 11) is 0.563. The highest BCUT2D eigenvalue weighted by Gasteiger charge is 2.13. The first kappa shape index (κ1) is 28.1. The quantitative estimate of drug-likeness (QED) is 0.236. The van der Waals surface area contributed by atoms with Crippen LogP contribution in [0.1, 0.15) is 12.0 Å². The molecule has 4 rings (SSSR count). The normalized spacial score (nSPS) is 11.6. The Morgan fingerprint density at radius 1 is 1.00 bits per heavy atom. The van der Waals surface area contributed by atoms with Crippen LogP contribution in [0.15, 0.2) is 66.7 Å². The van der Waals surface area contributed by atoms with Crippen LogP contribution in [-0.4, -0.2) is 69.1 Å². The van der Waals surface area contributed by atoms with Crippen LogP contribution < -0.4 is 20.5 Å². The summed E-state index contributed by atoms with van der Waals surface area (Å²) in [5.41, 5.74) is 9.77. The fraction of sp³-hybridized carbons (Fsp3) is 0.310. The zero-order valence-electron chi connectivity index (χ0n) is 22.6. The summed E-state index contributed by atoms with van der Waals surface area (Å²) >= 11 is 0. The number of benzene rings is 3. The van der Waals surface area contributed by atoms with E-state index in [1.54, 1.807) is 7.11 Å². The summed E-state index contributed by atoms with van der Waals surface area (Å²) in [6.45, 7) is 2.46. The van der Waals surface area contributed by atoms with Gasteiger partial charge in [0.05, 0.1) is 24.1 Å². The van der Waals surface area contributed by atoms with Crippen molar-refractivity contribution in [2.24, 2.45) is 0 Å². The van der Waals surface area contributed by atoms with Crippen LogP contribution >= 0.6 is 0 Å².